The van der Waals surface area contributed by atoms with E-state index in [4.69, 9.17) is 12.2 Å². The molecule has 2 N–H and O–H groups in total. The summed E-state index contributed by atoms with van der Waals surface area (Å²) in [6, 6.07) is 2.30. The second kappa shape index (κ2) is 7.76. The van der Waals surface area contributed by atoms with Crippen molar-refractivity contribution >= 4 is 39.6 Å². The van der Waals surface area contributed by atoms with Crippen LogP contribution >= 0.6 is 23.6 Å². The maximum absolute atomic E-state index is 12.2. The Labute approximate surface area is 155 Å². The molecular formula is C17H19N5OS2. The van der Waals surface area contributed by atoms with Crippen molar-refractivity contribution in [3.05, 3.63) is 34.0 Å². The average molecular weight is 374 g/mol. The van der Waals surface area contributed by atoms with Crippen molar-refractivity contribution in [1.29, 1.82) is 5.26 Å². The number of fused-ring (bicyclic) bond motifs is 1. The lowest BCUT2D eigenvalue weighted by molar-refractivity contribution is 0.0977. The zero-order chi connectivity index (χ0) is 17.8. The minimum Gasteiger partial charge on any atom is -0.323 e. The number of amides is 1. The quantitative estimate of drug-likeness (QED) is 0.637. The lowest BCUT2D eigenvalue weighted by Crippen LogP contribution is -2.33. The molecule has 8 heteroatoms. The van der Waals surface area contributed by atoms with Crippen LogP contribution in [0.5, 0.6) is 0 Å². The predicted molar refractivity (Wildman–Crippen MR) is 102 cm³/mol. The van der Waals surface area contributed by atoms with E-state index < -0.39 is 0 Å². The fourth-order valence-corrected chi connectivity index (χ4v) is 4.42. The summed E-state index contributed by atoms with van der Waals surface area (Å²) < 4.78 is 1.68. The molecular weight excluding hydrogens is 354 g/mol. The van der Waals surface area contributed by atoms with E-state index in [1.165, 1.54) is 17.5 Å². The van der Waals surface area contributed by atoms with Crippen LogP contribution in [0.1, 0.15) is 52.5 Å². The Morgan fingerprint density at radius 2 is 2.24 bits per heavy atom. The van der Waals surface area contributed by atoms with E-state index in [2.05, 4.69) is 21.8 Å². The number of rotatable bonds is 3. The second-order valence-electron chi connectivity index (χ2n) is 5.87. The van der Waals surface area contributed by atoms with Crippen LogP contribution in [-0.2, 0) is 19.4 Å². The zero-order valence-corrected chi connectivity index (χ0v) is 15.6. The van der Waals surface area contributed by atoms with Gasteiger partial charge in [-0.1, -0.05) is 6.42 Å². The summed E-state index contributed by atoms with van der Waals surface area (Å²) in [6.07, 6.45) is 8.59. The average Bonchev–Trinajstić information content (AvgIpc) is 3.13. The maximum Gasteiger partial charge on any atom is 0.260 e. The topological polar surface area (TPSA) is 82.7 Å². The van der Waals surface area contributed by atoms with Crippen LogP contribution in [0.4, 0.5) is 5.00 Å². The van der Waals surface area contributed by atoms with Gasteiger partial charge in [-0.3, -0.25) is 14.8 Å². The third kappa shape index (κ3) is 3.89. The highest BCUT2D eigenvalue weighted by molar-refractivity contribution is 7.80. The normalized spacial score (nSPS) is 13.4. The Hall–Kier alpha value is -2.24. The highest BCUT2D eigenvalue weighted by Gasteiger charge is 2.21. The number of anilines is 1. The molecule has 6 nitrogen and oxygen atoms in total. The molecule has 0 atom stereocenters. The molecule has 1 aliphatic rings. The Balaban J connectivity index is 1.71. The van der Waals surface area contributed by atoms with Gasteiger partial charge in [-0.2, -0.15) is 10.4 Å². The van der Waals surface area contributed by atoms with Crippen LogP contribution in [-0.4, -0.2) is 20.8 Å². The van der Waals surface area contributed by atoms with Gasteiger partial charge in [0, 0.05) is 17.6 Å². The van der Waals surface area contributed by atoms with Gasteiger partial charge in [0.15, 0.2) is 5.11 Å². The third-order valence-corrected chi connectivity index (χ3v) is 5.62. The molecule has 0 aliphatic heterocycles. The fourth-order valence-electron chi connectivity index (χ4n) is 2.91. The lowest BCUT2D eigenvalue weighted by atomic mass is 10.1. The van der Waals surface area contributed by atoms with Gasteiger partial charge in [0.2, 0.25) is 0 Å². The van der Waals surface area contributed by atoms with Crippen LogP contribution in [0.25, 0.3) is 0 Å². The number of hydrogen-bond acceptors (Lipinski definition) is 5. The van der Waals surface area contributed by atoms with Gasteiger partial charge in [-0.25, -0.2) is 0 Å². The molecule has 1 amide bonds. The highest BCUT2D eigenvalue weighted by atomic mass is 32.1. The summed E-state index contributed by atoms with van der Waals surface area (Å²) >= 11 is 6.82. The molecule has 0 unspecified atom stereocenters. The lowest BCUT2D eigenvalue weighted by Gasteiger charge is -2.07. The van der Waals surface area contributed by atoms with Crippen molar-refractivity contribution in [3.63, 3.8) is 0 Å². The molecule has 0 aromatic carbocycles. The van der Waals surface area contributed by atoms with Crippen LogP contribution < -0.4 is 10.6 Å². The summed E-state index contributed by atoms with van der Waals surface area (Å²) in [5.41, 5.74) is 2.26. The van der Waals surface area contributed by atoms with E-state index in [1.54, 1.807) is 22.2 Å². The van der Waals surface area contributed by atoms with Crippen molar-refractivity contribution < 1.29 is 4.79 Å². The van der Waals surface area contributed by atoms with Gasteiger partial charge in [0.05, 0.1) is 17.3 Å². The van der Waals surface area contributed by atoms with Gasteiger partial charge in [-0.15, -0.1) is 11.3 Å². The molecule has 0 radical (unpaired) electrons. The van der Waals surface area contributed by atoms with E-state index >= 15 is 0 Å². The molecule has 25 heavy (non-hydrogen) atoms. The van der Waals surface area contributed by atoms with E-state index in [1.807, 2.05) is 6.92 Å². The van der Waals surface area contributed by atoms with Gasteiger partial charge < -0.3 is 5.32 Å². The standard InChI is InChI=1S/C17H19N5OS2/c1-2-22-10-11(9-19-22)15(23)20-17(24)21-16-13(8-18)12-6-4-3-5-7-14(12)25-16/h9-10H,2-7H2,1H3,(H2,20,21,23,24). The van der Waals surface area contributed by atoms with Gasteiger partial charge in [0.1, 0.15) is 11.1 Å². The Kier molecular flexibility index (Phi) is 5.46. The van der Waals surface area contributed by atoms with Gasteiger partial charge >= 0.3 is 0 Å². The molecule has 0 saturated carbocycles. The minimum atomic E-state index is -0.311. The number of nitrogens with one attached hydrogen (secondary N) is 2. The number of nitriles is 1. The molecule has 0 fully saturated rings. The zero-order valence-electron chi connectivity index (χ0n) is 14.0. The molecule has 0 spiro atoms. The number of carbonyl (C=O) groups excluding carboxylic acids is 1. The van der Waals surface area contributed by atoms with E-state index in [0.29, 0.717) is 17.7 Å². The van der Waals surface area contributed by atoms with E-state index in [0.717, 1.165) is 36.2 Å². The monoisotopic (exact) mass is 373 g/mol. The summed E-state index contributed by atoms with van der Waals surface area (Å²) in [5.74, 6) is -0.311. The molecule has 2 aromatic heterocycles. The molecule has 3 rings (SSSR count). The summed E-state index contributed by atoms with van der Waals surface area (Å²) in [6.45, 7) is 2.65. The first-order valence-electron chi connectivity index (χ1n) is 8.31. The number of aryl methyl sites for hydroxylation is 2. The highest BCUT2D eigenvalue weighted by Crippen LogP contribution is 2.36. The van der Waals surface area contributed by atoms with Crippen molar-refractivity contribution in [2.24, 2.45) is 0 Å². The Bertz CT molecular complexity index is 846. The Morgan fingerprint density at radius 3 is 2.96 bits per heavy atom. The smallest absolute Gasteiger partial charge is 0.260 e. The number of nitrogens with zero attached hydrogens (tertiary/aromatic N) is 3. The van der Waals surface area contributed by atoms with Crippen LogP contribution in [0.2, 0.25) is 0 Å². The largest absolute Gasteiger partial charge is 0.323 e. The molecule has 0 bridgehead atoms. The van der Waals surface area contributed by atoms with Crippen molar-refractivity contribution in [2.75, 3.05) is 5.32 Å². The molecule has 2 heterocycles. The van der Waals surface area contributed by atoms with Crippen molar-refractivity contribution in [2.45, 2.75) is 45.6 Å². The number of thiophene rings is 1. The Morgan fingerprint density at radius 1 is 1.44 bits per heavy atom. The number of aromatic nitrogens is 2. The first-order valence-corrected chi connectivity index (χ1v) is 9.54. The second-order valence-corrected chi connectivity index (χ2v) is 7.39. The van der Waals surface area contributed by atoms with Crippen LogP contribution in [0.15, 0.2) is 12.4 Å². The summed E-state index contributed by atoms with van der Waals surface area (Å²) in [5, 5.41) is 20.2. The first kappa shape index (κ1) is 17.6. The minimum absolute atomic E-state index is 0.196. The molecule has 130 valence electrons. The fraction of sp³-hybridized carbons (Fsp3) is 0.412. The summed E-state index contributed by atoms with van der Waals surface area (Å²) in [7, 11) is 0. The molecule has 1 aliphatic carbocycles. The number of carbonyl (C=O) groups is 1. The van der Waals surface area contributed by atoms with E-state index in [-0.39, 0.29) is 11.0 Å². The van der Waals surface area contributed by atoms with Crippen LogP contribution in [0, 0.1) is 11.3 Å². The molecule has 0 saturated heterocycles. The van der Waals surface area contributed by atoms with Crippen LogP contribution in [0.3, 0.4) is 0 Å². The number of hydrogen-bond donors (Lipinski definition) is 2. The van der Waals surface area contributed by atoms with Crippen molar-refractivity contribution in [1.82, 2.24) is 15.1 Å². The first-order chi connectivity index (χ1) is 12.1. The van der Waals surface area contributed by atoms with Gasteiger partial charge in [0.25, 0.3) is 5.91 Å². The third-order valence-electron chi connectivity index (χ3n) is 4.21. The number of thiocarbonyl (C=S) groups is 1. The van der Waals surface area contributed by atoms with Crippen molar-refractivity contribution in [3.8, 4) is 6.07 Å². The summed E-state index contributed by atoms with van der Waals surface area (Å²) in [4.78, 5) is 13.5. The molecule has 2 aromatic rings. The van der Waals surface area contributed by atoms with E-state index in [9.17, 15) is 10.1 Å². The van der Waals surface area contributed by atoms with Gasteiger partial charge in [-0.05, 0) is 50.4 Å². The predicted octanol–water partition coefficient (Wildman–Crippen LogP) is 3.23. The maximum atomic E-state index is 12.2. The SMILES string of the molecule is CCn1cc(C(=O)NC(=S)Nc2sc3c(c2C#N)CCCCC3)cn1.